The van der Waals surface area contributed by atoms with Gasteiger partial charge in [-0.2, -0.15) is 0 Å². The number of H-pyrrole nitrogens is 1. The molecule has 2 heterocycles. The third-order valence-electron chi connectivity index (χ3n) is 10.7. The monoisotopic (exact) mass is 679 g/mol. The van der Waals surface area contributed by atoms with Crippen LogP contribution in [0.1, 0.15) is 103 Å². The summed E-state index contributed by atoms with van der Waals surface area (Å²) in [6.45, 7) is 6.74. The number of likely N-dealkylation sites (tertiary alicyclic amines) is 1. The Kier molecular flexibility index (Phi) is 14.7. The number of aliphatic hydroxyl groups is 1. The zero-order chi connectivity index (χ0) is 35.3. The highest BCUT2D eigenvalue weighted by Crippen LogP contribution is 2.30. The van der Waals surface area contributed by atoms with Crippen LogP contribution in [-0.2, 0) is 27.2 Å². The fraction of sp³-hybridized carbons (Fsp3) is 0.658. The van der Waals surface area contributed by atoms with Crippen molar-refractivity contribution >= 4 is 23.7 Å². The Balaban J connectivity index is 1.55. The highest BCUT2D eigenvalue weighted by atomic mass is 16.4. The van der Waals surface area contributed by atoms with Crippen molar-refractivity contribution in [2.24, 2.45) is 23.7 Å². The molecule has 2 fully saturated rings. The van der Waals surface area contributed by atoms with Crippen molar-refractivity contribution in [1.82, 2.24) is 25.5 Å². The molecule has 5 N–H and O–H groups in total. The normalized spacial score (nSPS) is 19.9. The van der Waals surface area contributed by atoms with Crippen molar-refractivity contribution in [3.05, 3.63) is 54.1 Å². The number of aliphatic hydroxyl groups excluding tert-OH is 1. The Hall–Kier alpha value is -3.73. The van der Waals surface area contributed by atoms with E-state index in [2.05, 4.69) is 41.4 Å². The second kappa shape index (κ2) is 18.9. The Labute approximate surface area is 291 Å². The van der Waals surface area contributed by atoms with Gasteiger partial charge in [0, 0.05) is 37.2 Å². The molecule has 1 aliphatic carbocycles. The summed E-state index contributed by atoms with van der Waals surface area (Å²) >= 11 is 0. The molecule has 1 aromatic heterocycles. The number of benzene rings is 1. The van der Waals surface area contributed by atoms with Gasteiger partial charge in [-0.05, 0) is 55.4 Å². The molecule has 4 rings (SSSR count). The molecule has 0 spiro atoms. The first-order valence-corrected chi connectivity index (χ1v) is 18.4. The average Bonchev–Trinajstić information content (AvgIpc) is 3.80. The van der Waals surface area contributed by atoms with Crippen LogP contribution in [-0.4, -0.2) is 79.5 Å². The second-order valence-electron chi connectivity index (χ2n) is 14.6. The van der Waals surface area contributed by atoms with E-state index in [1.165, 1.54) is 12.7 Å². The number of nitrogens with one attached hydrogen (secondary N) is 3. The van der Waals surface area contributed by atoms with Gasteiger partial charge in [0.1, 0.15) is 6.04 Å². The van der Waals surface area contributed by atoms with Crippen molar-refractivity contribution in [2.45, 2.75) is 128 Å². The van der Waals surface area contributed by atoms with Crippen LogP contribution < -0.4 is 10.6 Å². The summed E-state index contributed by atoms with van der Waals surface area (Å²) in [5.41, 5.74) is 1.52. The lowest BCUT2D eigenvalue weighted by Gasteiger charge is -2.33. The SMILES string of the molecule is CC[C@@H](C[C@H](O)[C@H](CC1CCCCC1)NC(=O)[C@H](Cc1cnc[nH]1)NC(=O)[C@@H](CC(=O)[C@@H]1CCCN1C(=O)O)Cc1ccccc1)C(C)C. The highest BCUT2D eigenvalue weighted by molar-refractivity contribution is 5.94. The molecule has 2 aliphatic rings. The number of aromatic amines is 1. The average molecular weight is 680 g/mol. The molecule has 1 aliphatic heterocycles. The molecule has 1 saturated carbocycles. The predicted octanol–water partition coefficient (Wildman–Crippen LogP) is 5.29. The van der Waals surface area contributed by atoms with Gasteiger partial charge in [0.05, 0.1) is 24.5 Å². The molecule has 2 aromatic rings. The molecule has 11 nitrogen and oxygen atoms in total. The smallest absolute Gasteiger partial charge is 0.407 e. The third kappa shape index (κ3) is 11.4. The number of amides is 3. The van der Waals surface area contributed by atoms with Crippen molar-refractivity contribution in [1.29, 1.82) is 0 Å². The number of carbonyl (C=O) groups is 4. The molecule has 11 heteroatoms. The number of hydrogen-bond donors (Lipinski definition) is 5. The van der Waals surface area contributed by atoms with Crippen LogP contribution in [0.15, 0.2) is 42.9 Å². The number of carbonyl (C=O) groups excluding carboxylic acids is 3. The molecule has 1 aromatic carbocycles. The van der Waals surface area contributed by atoms with Crippen LogP contribution in [0.3, 0.4) is 0 Å². The van der Waals surface area contributed by atoms with E-state index < -0.39 is 48.1 Å². The van der Waals surface area contributed by atoms with Gasteiger partial charge in [-0.25, -0.2) is 9.78 Å². The van der Waals surface area contributed by atoms with Crippen molar-refractivity contribution in [2.75, 3.05) is 6.54 Å². The van der Waals surface area contributed by atoms with Gasteiger partial charge in [0.15, 0.2) is 5.78 Å². The third-order valence-corrected chi connectivity index (χ3v) is 10.7. The van der Waals surface area contributed by atoms with Gasteiger partial charge in [-0.3, -0.25) is 19.3 Å². The van der Waals surface area contributed by atoms with Crippen molar-refractivity contribution in [3.63, 3.8) is 0 Å². The minimum atomic E-state index is -1.14. The van der Waals surface area contributed by atoms with E-state index in [4.69, 9.17) is 0 Å². The van der Waals surface area contributed by atoms with Crippen LogP contribution in [0.25, 0.3) is 0 Å². The van der Waals surface area contributed by atoms with Crippen LogP contribution in [0.2, 0.25) is 0 Å². The van der Waals surface area contributed by atoms with Gasteiger partial charge >= 0.3 is 6.09 Å². The van der Waals surface area contributed by atoms with Gasteiger partial charge in [-0.1, -0.05) is 89.6 Å². The lowest BCUT2D eigenvalue weighted by atomic mass is 9.80. The molecular weight excluding hydrogens is 622 g/mol. The van der Waals surface area contributed by atoms with Crippen LogP contribution in [0.4, 0.5) is 4.79 Å². The fourth-order valence-electron chi connectivity index (χ4n) is 7.74. The molecule has 1 saturated heterocycles. The number of hydrogen-bond acceptors (Lipinski definition) is 6. The van der Waals surface area contributed by atoms with Gasteiger partial charge in [0.2, 0.25) is 11.8 Å². The molecule has 0 unspecified atom stereocenters. The number of rotatable bonds is 18. The molecule has 0 bridgehead atoms. The summed E-state index contributed by atoms with van der Waals surface area (Å²) in [5.74, 6) is -0.829. The van der Waals surface area contributed by atoms with E-state index in [0.717, 1.165) is 42.6 Å². The molecule has 3 amide bonds. The number of Topliss-reactive ketones (excluding diaryl/α,β-unsaturated/α-hetero) is 1. The van der Waals surface area contributed by atoms with Crippen LogP contribution >= 0.6 is 0 Å². The number of carboxylic acid groups (broad SMARTS) is 1. The summed E-state index contributed by atoms with van der Waals surface area (Å²) in [4.78, 5) is 61.9. The Morgan fingerprint density at radius 3 is 2.35 bits per heavy atom. The quantitative estimate of drug-likeness (QED) is 0.143. The Morgan fingerprint density at radius 1 is 0.980 bits per heavy atom. The van der Waals surface area contributed by atoms with Gasteiger partial charge < -0.3 is 25.8 Å². The minimum absolute atomic E-state index is 0.148. The van der Waals surface area contributed by atoms with E-state index in [9.17, 15) is 29.4 Å². The summed E-state index contributed by atoms with van der Waals surface area (Å²) in [7, 11) is 0. The maximum absolute atomic E-state index is 14.2. The van der Waals surface area contributed by atoms with Gasteiger partial charge in [0.25, 0.3) is 0 Å². The van der Waals surface area contributed by atoms with E-state index in [0.29, 0.717) is 49.1 Å². The molecule has 270 valence electrons. The zero-order valence-corrected chi connectivity index (χ0v) is 29.5. The summed E-state index contributed by atoms with van der Waals surface area (Å²) in [6.07, 6.45) is 10.4. The first-order chi connectivity index (χ1) is 23.5. The largest absolute Gasteiger partial charge is 0.465 e. The second-order valence-corrected chi connectivity index (χ2v) is 14.6. The topological polar surface area (TPSA) is 165 Å². The molecule has 6 atom stereocenters. The Bertz CT molecular complexity index is 1330. The molecular formula is C38H57N5O6. The van der Waals surface area contributed by atoms with Crippen molar-refractivity contribution < 1.29 is 29.4 Å². The van der Waals surface area contributed by atoms with E-state index in [1.54, 1.807) is 6.20 Å². The summed E-state index contributed by atoms with van der Waals surface area (Å²) < 4.78 is 0. The summed E-state index contributed by atoms with van der Waals surface area (Å²) in [6, 6.07) is 7.14. The first kappa shape index (κ1) is 38.1. The minimum Gasteiger partial charge on any atom is -0.465 e. The maximum atomic E-state index is 14.2. The standard InChI is InChI=1S/C38H57N5O6/c1-4-28(25(2)3)20-34(44)31(19-27-14-9-6-10-15-27)41-37(47)32(22-30-23-39-24-40-30)42-36(46)29(18-26-12-7-5-8-13-26)21-35(45)33-16-11-17-43(33)38(48)49/h5,7-8,12-13,23-25,27-29,31-34,44H,4,6,9-11,14-22H2,1-3H3,(H,39,40)(H,41,47)(H,42,46)(H,48,49)/t28-,29+,31-,32-,33-,34-/m0/s1. The first-order valence-electron chi connectivity index (χ1n) is 18.4. The van der Waals surface area contributed by atoms with Gasteiger partial charge in [-0.15, -0.1) is 0 Å². The lowest BCUT2D eigenvalue weighted by Crippen LogP contribution is -2.55. The number of ketones is 1. The highest BCUT2D eigenvalue weighted by Gasteiger charge is 2.37. The number of aromatic nitrogens is 2. The predicted molar refractivity (Wildman–Crippen MR) is 188 cm³/mol. The fourth-order valence-corrected chi connectivity index (χ4v) is 7.74. The maximum Gasteiger partial charge on any atom is 0.407 e. The van der Waals surface area contributed by atoms with E-state index in [-0.39, 0.29) is 31.6 Å². The number of nitrogens with zero attached hydrogens (tertiary/aromatic N) is 2. The molecule has 49 heavy (non-hydrogen) atoms. The van der Waals surface area contributed by atoms with E-state index >= 15 is 0 Å². The van der Waals surface area contributed by atoms with Crippen molar-refractivity contribution in [3.8, 4) is 0 Å². The van der Waals surface area contributed by atoms with Crippen LogP contribution in [0.5, 0.6) is 0 Å². The Morgan fingerprint density at radius 2 is 1.71 bits per heavy atom. The zero-order valence-electron chi connectivity index (χ0n) is 29.5. The molecule has 0 radical (unpaired) electrons. The van der Waals surface area contributed by atoms with E-state index in [1.807, 2.05) is 30.3 Å². The lowest BCUT2D eigenvalue weighted by molar-refractivity contribution is -0.134. The van der Waals surface area contributed by atoms with Crippen LogP contribution in [0, 0.1) is 23.7 Å². The summed E-state index contributed by atoms with van der Waals surface area (Å²) in [5, 5.41) is 27.3. The number of imidazole rings is 1.